The second-order valence-corrected chi connectivity index (χ2v) is 5.56. The van der Waals surface area contributed by atoms with Crippen LogP contribution in [0.5, 0.6) is 11.5 Å². The summed E-state index contributed by atoms with van der Waals surface area (Å²) in [7, 11) is 0. The molecule has 0 aliphatic heterocycles. The first-order valence-corrected chi connectivity index (χ1v) is 6.72. The molecule has 0 spiro atoms. The molecule has 0 aliphatic carbocycles. The maximum atomic E-state index is 6.21. The number of rotatable bonds is 2. The molecule has 0 aromatic heterocycles. The molecule has 100 valence electrons. The highest BCUT2D eigenvalue weighted by atomic mass is 16.5. The van der Waals surface area contributed by atoms with E-state index in [1.807, 2.05) is 0 Å². The topological polar surface area (TPSA) is 9.23 Å². The van der Waals surface area contributed by atoms with Crippen molar-refractivity contribution < 1.29 is 4.74 Å². The standard InChI is InChI=1S/C18H22O/c1-11-7-13(3)17(14(4)8-11)19-18-15(5)9-12(2)10-16(18)6/h7-10H,1-6H3. The van der Waals surface area contributed by atoms with Gasteiger partial charge in [0.1, 0.15) is 11.5 Å². The van der Waals surface area contributed by atoms with E-state index < -0.39 is 0 Å². The minimum absolute atomic E-state index is 0.987. The Morgan fingerprint density at radius 3 is 1.05 bits per heavy atom. The lowest BCUT2D eigenvalue weighted by Crippen LogP contribution is -1.96. The third kappa shape index (κ3) is 2.81. The van der Waals surface area contributed by atoms with E-state index in [4.69, 9.17) is 4.74 Å². The van der Waals surface area contributed by atoms with Crippen molar-refractivity contribution >= 4 is 0 Å². The van der Waals surface area contributed by atoms with E-state index in [2.05, 4.69) is 65.8 Å². The molecule has 1 heteroatoms. The van der Waals surface area contributed by atoms with E-state index in [1.54, 1.807) is 0 Å². The van der Waals surface area contributed by atoms with Gasteiger partial charge in [0.05, 0.1) is 0 Å². The Labute approximate surface area is 116 Å². The lowest BCUT2D eigenvalue weighted by Gasteiger charge is -2.17. The largest absolute Gasteiger partial charge is 0.456 e. The molecule has 0 saturated carbocycles. The van der Waals surface area contributed by atoms with Crippen molar-refractivity contribution in [2.45, 2.75) is 41.5 Å². The van der Waals surface area contributed by atoms with Gasteiger partial charge in [-0.15, -0.1) is 0 Å². The van der Waals surface area contributed by atoms with Crippen LogP contribution >= 0.6 is 0 Å². The molecule has 0 saturated heterocycles. The summed E-state index contributed by atoms with van der Waals surface area (Å²) in [5.74, 6) is 1.97. The Kier molecular flexibility index (Phi) is 3.66. The first kappa shape index (κ1) is 13.7. The van der Waals surface area contributed by atoms with Gasteiger partial charge in [-0.3, -0.25) is 0 Å². The van der Waals surface area contributed by atoms with Crippen molar-refractivity contribution in [1.29, 1.82) is 0 Å². The lowest BCUT2D eigenvalue weighted by atomic mass is 10.0. The summed E-state index contributed by atoms with van der Waals surface area (Å²) in [6, 6.07) is 8.67. The molecule has 1 nitrogen and oxygen atoms in total. The second-order valence-electron chi connectivity index (χ2n) is 5.56. The van der Waals surface area contributed by atoms with Crippen molar-refractivity contribution in [3.8, 4) is 11.5 Å². The van der Waals surface area contributed by atoms with E-state index in [-0.39, 0.29) is 0 Å². The summed E-state index contributed by atoms with van der Waals surface area (Å²) in [4.78, 5) is 0. The zero-order valence-corrected chi connectivity index (χ0v) is 12.7. The van der Waals surface area contributed by atoms with Gasteiger partial charge in [0.15, 0.2) is 0 Å². The van der Waals surface area contributed by atoms with Crippen molar-refractivity contribution in [3.05, 3.63) is 57.6 Å². The summed E-state index contributed by atoms with van der Waals surface area (Å²) in [6.45, 7) is 12.7. The van der Waals surface area contributed by atoms with E-state index in [0.29, 0.717) is 0 Å². The second kappa shape index (κ2) is 5.08. The quantitative estimate of drug-likeness (QED) is 0.704. The molecule has 19 heavy (non-hydrogen) atoms. The highest BCUT2D eigenvalue weighted by molar-refractivity contribution is 5.50. The Bertz CT molecular complexity index is 522. The fraction of sp³-hybridized carbons (Fsp3) is 0.333. The average molecular weight is 254 g/mol. The number of benzene rings is 2. The van der Waals surface area contributed by atoms with Crippen LogP contribution in [0.1, 0.15) is 33.4 Å². The average Bonchev–Trinajstić information content (AvgIpc) is 2.25. The summed E-state index contributed by atoms with van der Waals surface area (Å²) >= 11 is 0. The predicted octanol–water partition coefficient (Wildman–Crippen LogP) is 5.33. The van der Waals surface area contributed by atoms with Crippen molar-refractivity contribution in [3.63, 3.8) is 0 Å². The summed E-state index contributed by atoms with van der Waals surface area (Å²) in [6.07, 6.45) is 0. The molecule has 0 heterocycles. The smallest absolute Gasteiger partial charge is 0.133 e. The Hall–Kier alpha value is -1.76. The van der Waals surface area contributed by atoms with E-state index in [1.165, 1.54) is 33.4 Å². The Morgan fingerprint density at radius 1 is 0.526 bits per heavy atom. The van der Waals surface area contributed by atoms with Crippen LogP contribution in [-0.2, 0) is 0 Å². The zero-order valence-electron chi connectivity index (χ0n) is 12.7. The number of ether oxygens (including phenoxy) is 1. The Balaban J connectivity index is 2.48. The highest BCUT2D eigenvalue weighted by Crippen LogP contribution is 2.34. The van der Waals surface area contributed by atoms with E-state index >= 15 is 0 Å². The van der Waals surface area contributed by atoms with Gasteiger partial charge in [0.2, 0.25) is 0 Å². The fourth-order valence-electron chi connectivity index (χ4n) is 2.76. The van der Waals surface area contributed by atoms with Crippen LogP contribution in [0.15, 0.2) is 24.3 Å². The van der Waals surface area contributed by atoms with Gasteiger partial charge in [0.25, 0.3) is 0 Å². The van der Waals surface area contributed by atoms with Gasteiger partial charge in [-0.25, -0.2) is 0 Å². The van der Waals surface area contributed by atoms with Gasteiger partial charge in [-0.05, 0) is 63.8 Å². The highest BCUT2D eigenvalue weighted by Gasteiger charge is 2.10. The number of hydrogen-bond donors (Lipinski definition) is 0. The maximum absolute atomic E-state index is 6.21. The molecule has 0 bridgehead atoms. The van der Waals surface area contributed by atoms with Crippen LogP contribution in [0.25, 0.3) is 0 Å². The van der Waals surface area contributed by atoms with Gasteiger partial charge >= 0.3 is 0 Å². The van der Waals surface area contributed by atoms with Crippen LogP contribution < -0.4 is 4.74 Å². The maximum Gasteiger partial charge on any atom is 0.133 e. The summed E-state index contributed by atoms with van der Waals surface area (Å²) in [5.41, 5.74) is 7.32. The first-order valence-electron chi connectivity index (χ1n) is 6.72. The van der Waals surface area contributed by atoms with E-state index in [0.717, 1.165) is 11.5 Å². The van der Waals surface area contributed by atoms with Gasteiger partial charge < -0.3 is 4.74 Å². The molecular weight excluding hydrogens is 232 g/mol. The van der Waals surface area contributed by atoms with Crippen molar-refractivity contribution in [1.82, 2.24) is 0 Å². The zero-order chi connectivity index (χ0) is 14.2. The monoisotopic (exact) mass is 254 g/mol. The third-order valence-electron chi connectivity index (χ3n) is 3.41. The molecule has 0 radical (unpaired) electrons. The number of aryl methyl sites for hydroxylation is 6. The molecular formula is C18H22O. The molecule has 0 amide bonds. The SMILES string of the molecule is Cc1cc(C)c(Oc2c(C)cc(C)cc2C)c(C)c1. The fourth-order valence-corrected chi connectivity index (χ4v) is 2.76. The molecule has 2 aromatic rings. The Morgan fingerprint density at radius 2 is 0.789 bits per heavy atom. The summed E-state index contributed by atoms with van der Waals surface area (Å²) in [5, 5.41) is 0. The van der Waals surface area contributed by atoms with Crippen LogP contribution in [0, 0.1) is 41.5 Å². The number of hydrogen-bond acceptors (Lipinski definition) is 1. The summed E-state index contributed by atoms with van der Waals surface area (Å²) < 4.78 is 6.21. The molecule has 0 atom stereocenters. The van der Waals surface area contributed by atoms with Gasteiger partial charge in [-0.2, -0.15) is 0 Å². The predicted molar refractivity (Wildman–Crippen MR) is 81.4 cm³/mol. The lowest BCUT2D eigenvalue weighted by molar-refractivity contribution is 0.467. The van der Waals surface area contributed by atoms with Crippen LogP contribution in [0.2, 0.25) is 0 Å². The molecule has 0 N–H and O–H groups in total. The molecule has 0 unspecified atom stereocenters. The molecule has 0 fully saturated rings. The van der Waals surface area contributed by atoms with Crippen LogP contribution in [0.3, 0.4) is 0 Å². The van der Waals surface area contributed by atoms with Gasteiger partial charge in [0, 0.05) is 0 Å². The van der Waals surface area contributed by atoms with Gasteiger partial charge in [-0.1, -0.05) is 35.4 Å². The van der Waals surface area contributed by atoms with Crippen LogP contribution in [-0.4, -0.2) is 0 Å². The molecule has 2 aromatic carbocycles. The van der Waals surface area contributed by atoms with Crippen LogP contribution in [0.4, 0.5) is 0 Å². The normalized spacial score (nSPS) is 10.6. The minimum Gasteiger partial charge on any atom is -0.456 e. The molecule has 2 rings (SSSR count). The van der Waals surface area contributed by atoms with Crippen molar-refractivity contribution in [2.75, 3.05) is 0 Å². The molecule has 0 aliphatic rings. The van der Waals surface area contributed by atoms with Crippen molar-refractivity contribution in [2.24, 2.45) is 0 Å². The third-order valence-corrected chi connectivity index (χ3v) is 3.41. The first-order chi connectivity index (χ1) is 8.88. The van der Waals surface area contributed by atoms with E-state index in [9.17, 15) is 0 Å². The minimum atomic E-state index is 0.987.